The highest BCUT2D eigenvalue weighted by Crippen LogP contribution is 2.16. The normalized spacial score (nSPS) is 9.88. The molecule has 7 heteroatoms. The number of halogens is 1. The number of carbonyl (C=O) groups excluding carboxylic acids is 1. The number of anilines is 1. The summed E-state index contributed by atoms with van der Waals surface area (Å²) in [5.41, 5.74) is 0. The molecule has 0 saturated carbocycles. The molecule has 1 amide bonds. The van der Waals surface area contributed by atoms with Crippen molar-refractivity contribution in [2.75, 3.05) is 32.1 Å². The van der Waals surface area contributed by atoms with Crippen LogP contribution in [-0.4, -0.2) is 42.7 Å². The van der Waals surface area contributed by atoms with Crippen LogP contribution in [0, 0.1) is 0 Å². The van der Waals surface area contributed by atoms with Gasteiger partial charge in [-0.25, -0.2) is 9.97 Å². The van der Waals surface area contributed by atoms with Gasteiger partial charge in [0.15, 0.2) is 0 Å². The van der Waals surface area contributed by atoms with Gasteiger partial charge in [0.2, 0.25) is 5.91 Å². The summed E-state index contributed by atoms with van der Waals surface area (Å²) in [5.74, 6) is 0.486. The van der Waals surface area contributed by atoms with Crippen molar-refractivity contribution in [3.63, 3.8) is 0 Å². The highest BCUT2D eigenvalue weighted by Gasteiger charge is 2.03. The smallest absolute Gasteiger partial charge is 0.239 e. The van der Waals surface area contributed by atoms with Crippen molar-refractivity contribution in [3.05, 3.63) is 17.0 Å². The number of hydrogen-bond donors (Lipinski definition) is 2. The van der Waals surface area contributed by atoms with Crippen LogP contribution in [0.1, 0.15) is 0 Å². The molecular formula is C9H13BrN4O2. The number of carbonyl (C=O) groups is 1. The SMILES string of the molecule is COCCNC(=O)CNc1ncncc1Br. The molecule has 1 aromatic heterocycles. The van der Waals surface area contributed by atoms with Crippen molar-refractivity contribution in [2.24, 2.45) is 0 Å². The monoisotopic (exact) mass is 288 g/mol. The van der Waals surface area contributed by atoms with Gasteiger partial charge in [-0.15, -0.1) is 0 Å². The molecule has 1 heterocycles. The van der Waals surface area contributed by atoms with Gasteiger partial charge in [-0.1, -0.05) is 0 Å². The van der Waals surface area contributed by atoms with E-state index in [-0.39, 0.29) is 12.5 Å². The third kappa shape index (κ3) is 4.54. The van der Waals surface area contributed by atoms with E-state index in [2.05, 4.69) is 36.5 Å². The molecule has 88 valence electrons. The van der Waals surface area contributed by atoms with Crippen LogP contribution in [0.5, 0.6) is 0 Å². The number of nitrogens with zero attached hydrogens (tertiary/aromatic N) is 2. The standard InChI is InChI=1S/C9H13BrN4O2/c1-16-3-2-12-8(15)5-13-9-7(10)4-11-6-14-9/h4,6H,2-3,5H2,1H3,(H,12,15)(H,11,13,14). The molecule has 0 aliphatic heterocycles. The van der Waals surface area contributed by atoms with E-state index < -0.39 is 0 Å². The van der Waals surface area contributed by atoms with Gasteiger partial charge in [0.05, 0.1) is 17.6 Å². The first-order chi connectivity index (χ1) is 7.74. The van der Waals surface area contributed by atoms with Crippen LogP contribution in [0.2, 0.25) is 0 Å². The van der Waals surface area contributed by atoms with Crippen LogP contribution in [0.15, 0.2) is 17.0 Å². The summed E-state index contributed by atoms with van der Waals surface area (Å²) in [4.78, 5) is 19.1. The van der Waals surface area contributed by atoms with Crippen LogP contribution in [-0.2, 0) is 9.53 Å². The Morgan fingerprint density at radius 1 is 1.62 bits per heavy atom. The van der Waals surface area contributed by atoms with Gasteiger partial charge in [0, 0.05) is 19.9 Å². The zero-order chi connectivity index (χ0) is 11.8. The van der Waals surface area contributed by atoms with Crippen molar-refractivity contribution in [3.8, 4) is 0 Å². The van der Waals surface area contributed by atoms with Gasteiger partial charge in [0.1, 0.15) is 12.1 Å². The number of ether oxygens (including phenoxy) is 1. The predicted molar refractivity (Wildman–Crippen MR) is 63.1 cm³/mol. The largest absolute Gasteiger partial charge is 0.383 e. The van der Waals surface area contributed by atoms with Crippen LogP contribution < -0.4 is 10.6 Å². The zero-order valence-electron chi connectivity index (χ0n) is 8.86. The molecule has 0 radical (unpaired) electrons. The highest BCUT2D eigenvalue weighted by molar-refractivity contribution is 9.10. The summed E-state index contributed by atoms with van der Waals surface area (Å²) in [6, 6.07) is 0. The van der Waals surface area contributed by atoms with Crippen molar-refractivity contribution in [2.45, 2.75) is 0 Å². The summed E-state index contributed by atoms with van der Waals surface area (Å²) in [6.07, 6.45) is 3.02. The molecular weight excluding hydrogens is 276 g/mol. The lowest BCUT2D eigenvalue weighted by atomic mass is 10.5. The van der Waals surface area contributed by atoms with Crippen LogP contribution >= 0.6 is 15.9 Å². The number of amides is 1. The number of hydrogen-bond acceptors (Lipinski definition) is 5. The van der Waals surface area contributed by atoms with Gasteiger partial charge < -0.3 is 15.4 Å². The highest BCUT2D eigenvalue weighted by atomic mass is 79.9. The molecule has 2 N–H and O–H groups in total. The molecule has 0 aliphatic rings. The Hall–Kier alpha value is -1.21. The predicted octanol–water partition coefficient (Wildman–Crippen LogP) is 0.414. The first kappa shape index (κ1) is 12.9. The Morgan fingerprint density at radius 3 is 3.12 bits per heavy atom. The maximum absolute atomic E-state index is 11.3. The van der Waals surface area contributed by atoms with Crippen molar-refractivity contribution in [1.82, 2.24) is 15.3 Å². The van der Waals surface area contributed by atoms with Crippen LogP contribution in [0.4, 0.5) is 5.82 Å². The Kier molecular flexibility index (Phi) is 5.73. The lowest BCUT2D eigenvalue weighted by Crippen LogP contribution is -2.32. The molecule has 0 aromatic carbocycles. The topological polar surface area (TPSA) is 76.1 Å². The molecule has 0 spiro atoms. The summed E-state index contributed by atoms with van der Waals surface area (Å²) in [5, 5.41) is 5.58. The van der Waals surface area contributed by atoms with Crippen LogP contribution in [0.25, 0.3) is 0 Å². The summed E-state index contributed by atoms with van der Waals surface area (Å²) >= 11 is 3.27. The fraction of sp³-hybridized carbons (Fsp3) is 0.444. The number of aromatic nitrogens is 2. The van der Waals surface area contributed by atoms with E-state index in [1.807, 2.05) is 0 Å². The van der Waals surface area contributed by atoms with E-state index in [1.165, 1.54) is 6.33 Å². The van der Waals surface area contributed by atoms with Crippen molar-refractivity contribution in [1.29, 1.82) is 0 Å². The van der Waals surface area contributed by atoms with Crippen LogP contribution in [0.3, 0.4) is 0 Å². The number of nitrogens with one attached hydrogen (secondary N) is 2. The van der Waals surface area contributed by atoms with E-state index in [4.69, 9.17) is 4.74 Å². The van der Waals surface area contributed by atoms with Crippen molar-refractivity contribution >= 4 is 27.7 Å². The lowest BCUT2D eigenvalue weighted by Gasteiger charge is -2.07. The minimum atomic E-state index is -0.109. The third-order valence-electron chi connectivity index (χ3n) is 1.71. The average molecular weight is 289 g/mol. The maximum Gasteiger partial charge on any atom is 0.239 e. The van der Waals surface area contributed by atoms with Gasteiger partial charge in [0.25, 0.3) is 0 Å². The molecule has 0 atom stereocenters. The second kappa shape index (κ2) is 7.13. The third-order valence-corrected chi connectivity index (χ3v) is 2.29. The van der Waals surface area contributed by atoms with E-state index in [0.29, 0.717) is 19.0 Å². The summed E-state index contributed by atoms with van der Waals surface area (Å²) < 4.78 is 5.53. The Balaban J connectivity index is 2.29. The molecule has 6 nitrogen and oxygen atoms in total. The van der Waals surface area contributed by atoms with E-state index in [0.717, 1.165) is 4.47 Å². The minimum Gasteiger partial charge on any atom is -0.383 e. The van der Waals surface area contributed by atoms with Crippen molar-refractivity contribution < 1.29 is 9.53 Å². The van der Waals surface area contributed by atoms with E-state index in [9.17, 15) is 4.79 Å². The second-order valence-corrected chi connectivity index (χ2v) is 3.77. The molecule has 0 unspecified atom stereocenters. The van der Waals surface area contributed by atoms with Gasteiger partial charge in [-0.05, 0) is 15.9 Å². The fourth-order valence-corrected chi connectivity index (χ4v) is 1.32. The first-order valence-electron chi connectivity index (χ1n) is 4.69. The Labute approximate surface area is 102 Å². The summed E-state index contributed by atoms with van der Waals surface area (Å²) in [7, 11) is 1.59. The zero-order valence-corrected chi connectivity index (χ0v) is 10.5. The molecule has 0 fully saturated rings. The Bertz CT molecular complexity index is 348. The lowest BCUT2D eigenvalue weighted by molar-refractivity contribution is -0.119. The number of rotatable bonds is 6. The minimum absolute atomic E-state index is 0.109. The fourth-order valence-electron chi connectivity index (χ4n) is 0.962. The first-order valence-corrected chi connectivity index (χ1v) is 5.48. The number of methoxy groups -OCH3 is 1. The van der Waals surface area contributed by atoms with Gasteiger partial charge in [-0.3, -0.25) is 4.79 Å². The molecule has 0 saturated heterocycles. The summed E-state index contributed by atoms with van der Waals surface area (Å²) in [6.45, 7) is 1.17. The molecule has 1 rings (SSSR count). The quantitative estimate of drug-likeness (QED) is 0.742. The van der Waals surface area contributed by atoms with E-state index in [1.54, 1.807) is 13.3 Å². The van der Waals surface area contributed by atoms with E-state index >= 15 is 0 Å². The average Bonchev–Trinajstić information content (AvgIpc) is 2.28. The maximum atomic E-state index is 11.3. The molecule has 16 heavy (non-hydrogen) atoms. The van der Waals surface area contributed by atoms with Gasteiger partial charge in [-0.2, -0.15) is 0 Å². The Morgan fingerprint density at radius 2 is 2.44 bits per heavy atom. The van der Waals surface area contributed by atoms with Gasteiger partial charge >= 0.3 is 0 Å². The molecule has 0 aliphatic carbocycles. The molecule has 0 bridgehead atoms. The molecule has 1 aromatic rings. The second-order valence-electron chi connectivity index (χ2n) is 2.92.